The number of carboxylic acid groups (broad SMARTS) is 1. The third-order valence-electron chi connectivity index (χ3n) is 3.12. The molecule has 19 heavy (non-hydrogen) atoms. The fraction of sp³-hybridized carbons (Fsp3) is 0.538. The van der Waals surface area contributed by atoms with Gasteiger partial charge in [-0.25, -0.2) is 0 Å². The van der Waals surface area contributed by atoms with Gasteiger partial charge in [0.1, 0.15) is 5.69 Å². The van der Waals surface area contributed by atoms with Gasteiger partial charge in [-0.05, 0) is 24.8 Å². The van der Waals surface area contributed by atoms with Crippen molar-refractivity contribution in [2.45, 2.75) is 32.2 Å². The van der Waals surface area contributed by atoms with Gasteiger partial charge in [-0.3, -0.25) is 9.59 Å². The number of aromatic nitrogens is 1. The lowest BCUT2D eigenvalue weighted by atomic mass is 10.1. The Balaban J connectivity index is 1.94. The molecule has 0 saturated heterocycles. The summed E-state index contributed by atoms with van der Waals surface area (Å²) in [5.41, 5.74) is 0.551. The molecule has 1 amide bonds. The Bertz CT molecular complexity index is 494. The van der Waals surface area contributed by atoms with Gasteiger partial charge >= 0.3 is 5.97 Å². The van der Waals surface area contributed by atoms with Crippen LogP contribution in [0.15, 0.2) is 12.3 Å². The summed E-state index contributed by atoms with van der Waals surface area (Å²) in [7, 11) is 0. The maximum Gasteiger partial charge on any atom is 0.303 e. The number of nitrogens with zero attached hydrogens (tertiary/aromatic N) is 1. The van der Waals surface area contributed by atoms with Gasteiger partial charge in [0.25, 0.3) is 5.91 Å². The normalized spacial score (nSPS) is 16.1. The third kappa shape index (κ3) is 3.73. The van der Waals surface area contributed by atoms with Crippen LogP contribution < -0.4 is 5.32 Å². The number of amides is 1. The van der Waals surface area contributed by atoms with Gasteiger partial charge in [-0.1, -0.05) is 18.5 Å². The van der Waals surface area contributed by atoms with Crippen LogP contribution in [0.1, 0.15) is 42.7 Å². The van der Waals surface area contributed by atoms with E-state index in [1.807, 2.05) is 4.57 Å². The van der Waals surface area contributed by atoms with E-state index in [0.717, 1.165) is 12.8 Å². The number of carbonyl (C=O) groups excluding carboxylic acids is 1. The second-order valence-corrected chi connectivity index (χ2v) is 5.53. The molecule has 5 nitrogen and oxygen atoms in total. The molecule has 1 heterocycles. The number of carbonyl (C=O) groups is 2. The quantitative estimate of drug-likeness (QED) is 0.842. The fourth-order valence-electron chi connectivity index (χ4n) is 2.01. The van der Waals surface area contributed by atoms with Crippen LogP contribution >= 0.6 is 11.6 Å². The molecule has 104 valence electrons. The molecule has 0 radical (unpaired) electrons. The Morgan fingerprint density at radius 3 is 2.84 bits per heavy atom. The average Bonchev–Trinajstić information content (AvgIpc) is 3.08. The topological polar surface area (TPSA) is 71.3 Å². The van der Waals surface area contributed by atoms with Crippen LogP contribution in [-0.4, -0.2) is 28.1 Å². The van der Waals surface area contributed by atoms with Crippen molar-refractivity contribution in [3.8, 4) is 0 Å². The number of hydrogen-bond donors (Lipinski definition) is 2. The first-order valence-electron chi connectivity index (χ1n) is 6.34. The van der Waals surface area contributed by atoms with Gasteiger partial charge in [0.2, 0.25) is 0 Å². The summed E-state index contributed by atoms with van der Waals surface area (Å²) >= 11 is 5.93. The lowest BCUT2D eigenvalue weighted by Gasteiger charge is -2.11. The van der Waals surface area contributed by atoms with Crippen molar-refractivity contribution >= 4 is 23.5 Å². The van der Waals surface area contributed by atoms with Crippen LogP contribution in [0.25, 0.3) is 0 Å². The summed E-state index contributed by atoms with van der Waals surface area (Å²) in [4.78, 5) is 22.6. The van der Waals surface area contributed by atoms with Crippen molar-refractivity contribution in [1.82, 2.24) is 9.88 Å². The first-order chi connectivity index (χ1) is 8.97. The molecule has 0 aliphatic heterocycles. The van der Waals surface area contributed by atoms with Crippen molar-refractivity contribution in [3.05, 3.63) is 23.0 Å². The Morgan fingerprint density at radius 2 is 2.26 bits per heavy atom. The van der Waals surface area contributed by atoms with Gasteiger partial charge in [0.05, 0.1) is 5.02 Å². The first kappa shape index (κ1) is 13.9. The second-order valence-electron chi connectivity index (χ2n) is 5.10. The molecule has 1 fully saturated rings. The van der Waals surface area contributed by atoms with Crippen LogP contribution in [0.5, 0.6) is 0 Å². The van der Waals surface area contributed by atoms with Crippen LogP contribution in [0.3, 0.4) is 0 Å². The van der Waals surface area contributed by atoms with E-state index in [4.69, 9.17) is 16.7 Å². The van der Waals surface area contributed by atoms with E-state index in [9.17, 15) is 9.59 Å². The molecule has 1 aromatic rings. The Labute approximate surface area is 116 Å². The summed E-state index contributed by atoms with van der Waals surface area (Å²) in [6.45, 7) is 2.14. The summed E-state index contributed by atoms with van der Waals surface area (Å²) in [5, 5.41) is 12.0. The van der Waals surface area contributed by atoms with E-state index in [2.05, 4.69) is 5.32 Å². The molecule has 1 aliphatic carbocycles. The number of carboxylic acids is 1. The number of hydrogen-bond acceptors (Lipinski definition) is 2. The highest BCUT2D eigenvalue weighted by Crippen LogP contribution is 2.37. The summed E-state index contributed by atoms with van der Waals surface area (Å²) in [5.74, 6) is -1.15. The van der Waals surface area contributed by atoms with E-state index in [1.165, 1.54) is 0 Å². The monoisotopic (exact) mass is 284 g/mol. The van der Waals surface area contributed by atoms with E-state index in [1.54, 1.807) is 19.2 Å². The highest BCUT2D eigenvalue weighted by Gasteiger charge is 2.27. The van der Waals surface area contributed by atoms with Gasteiger partial charge in [-0.2, -0.15) is 0 Å². The molecule has 2 rings (SSSR count). The molecule has 6 heteroatoms. The SMILES string of the molecule is CC(CNC(=O)c1cc(Cl)cn1C1CC1)CC(=O)O. The van der Waals surface area contributed by atoms with Crippen molar-refractivity contribution < 1.29 is 14.7 Å². The Hall–Kier alpha value is -1.49. The van der Waals surface area contributed by atoms with E-state index in [0.29, 0.717) is 23.3 Å². The molecule has 1 aromatic heterocycles. The van der Waals surface area contributed by atoms with Crippen molar-refractivity contribution in [2.24, 2.45) is 5.92 Å². The van der Waals surface area contributed by atoms with Crippen LogP contribution in [0.4, 0.5) is 0 Å². The maximum atomic E-state index is 12.1. The Morgan fingerprint density at radius 1 is 1.58 bits per heavy atom. The predicted molar refractivity (Wildman–Crippen MR) is 71.5 cm³/mol. The maximum absolute atomic E-state index is 12.1. The second kappa shape index (κ2) is 5.65. The summed E-state index contributed by atoms with van der Waals surface area (Å²) in [6, 6.07) is 2.03. The molecular weight excluding hydrogens is 268 g/mol. The van der Waals surface area contributed by atoms with Gasteiger partial charge in [0, 0.05) is 25.2 Å². The predicted octanol–water partition coefficient (Wildman–Crippen LogP) is 2.32. The first-order valence-corrected chi connectivity index (χ1v) is 6.72. The van der Waals surface area contributed by atoms with Crippen molar-refractivity contribution in [1.29, 1.82) is 0 Å². The average molecular weight is 285 g/mol. The molecule has 1 saturated carbocycles. The number of halogens is 1. The minimum atomic E-state index is -0.855. The zero-order chi connectivity index (χ0) is 14.0. The van der Waals surface area contributed by atoms with Crippen LogP contribution in [0.2, 0.25) is 5.02 Å². The van der Waals surface area contributed by atoms with Gasteiger partial charge in [0.15, 0.2) is 0 Å². The molecule has 0 aromatic carbocycles. The number of aliphatic carboxylic acids is 1. The van der Waals surface area contributed by atoms with Gasteiger partial charge in [-0.15, -0.1) is 0 Å². The molecule has 0 spiro atoms. The molecule has 1 atom stereocenters. The smallest absolute Gasteiger partial charge is 0.303 e. The van der Waals surface area contributed by atoms with Crippen LogP contribution in [0, 0.1) is 5.92 Å². The minimum Gasteiger partial charge on any atom is -0.481 e. The standard InChI is InChI=1S/C13H17ClN2O3/c1-8(4-12(17)18)6-15-13(19)11-5-9(14)7-16(11)10-2-3-10/h5,7-8,10H,2-4,6H2,1H3,(H,15,19)(H,17,18). The number of nitrogens with one attached hydrogen (secondary N) is 1. The minimum absolute atomic E-state index is 0.0463. The highest BCUT2D eigenvalue weighted by molar-refractivity contribution is 6.31. The lowest BCUT2D eigenvalue weighted by Crippen LogP contribution is -2.30. The highest BCUT2D eigenvalue weighted by atomic mass is 35.5. The van der Waals surface area contributed by atoms with Gasteiger partial charge < -0.3 is 15.0 Å². The zero-order valence-electron chi connectivity index (χ0n) is 10.7. The van der Waals surface area contributed by atoms with Crippen LogP contribution in [-0.2, 0) is 4.79 Å². The molecule has 1 unspecified atom stereocenters. The third-order valence-corrected chi connectivity index (χ3v) is 3.33. The largest absolute Gasteiger partial charge is 0.481 e. The van der Waals surface area contributed by atoms with E-state index >= 15 is 0 Å². The van der Waals surface area contributed by atoms with E-state index in [-0.39, 0.29) is 18.2 Å². The molecular formula is C13H17ClN2O3. The van der Waals surface area contributed by atoms with E-state index < -0.39 is 5.97 Å². The fourth-order valence-corrected chi connectivity index (χ4v) is 2.22. The summed E-state index contributed by atoms with van der Waals surface area (Å²) in [6.07, 6.45) is 3.96. The number of rotatable bonds is 6. The molecule has 0 bridgehead atoms. The summed E-state index contributed by atoms with van der Waals surface area (Å²) < 4.78 is 1.90. The van der Waals surface area contributed by atoms with Crippen molar-refractivity contribution in [2.75, 3.05) is 6.54 Å². The lowest BCUT2D eigenvalue weighted by molar-refractivity contribution is -0.137. The molecule has 1 aliphatic rings. The zero-order valence-corrected chi connectivity index (χ0v) is 11.5. The van der Waals surface area contributed by atoms with Crippen molar-refractivity contribution in [3.63, 3.8) is 0 Å². The molecule has 2 N–H and O–H groups in total. The Kier molecular flexibility index (Phi) is 4.14.